The molecule has 0 saturated heterocycles. The van der Waals surface area contributed by atoms with Crippen LogP contribution < -0.4 is 14.2 Å². The van der Waals surface area contributed by atoms with Crippen molar-refractivity contribution in [1.29, 1.82) is 0 Å². The first-order valence-electron chi connectivity index (χ1n) is 7.87. The highest BCUT2D eigenvalue weighted by Gasteiger charge is 2.04. The third-order valence-electron chi connectivity index (χ3n) is 3.50. The summed E-state index contributed by atoms with van der Waals surface area (Å²) in [6, 6.07) is 13.0. The molecule has 0 amide bonds. The Bertz CT molecular complexity index is 702. The summed E-state index contributed by atoms with van der Waals surface area (Å²) in [6.07, 6.45) is 5.18. The molecule has 0 fully saturated rings. The molecule has 0 saturated carbocycles. The summed E-state index contributed by atoms with van der Waals surface area (Å²) in [4.78, 5) is 11.9. The van der Waals surface area contributed by atoms with Gasteiger partial charge in [-0.05, 0) is 47.9 Å². The van der Waals surface area contributed by atoms with Crippen molar-refractivity contribution < 1.29 is 19.0 Å². The summed E-state index contributed by atoms with van der Waals surface area (Å²) in [5, 5.41) is 0. The Balaban J connectivity index is 1.99. The molecule has 0 spiro atoms. The fourth-order valence-corrected chi connectivity index (χ4v) is 2.28. The zero-order chi connectivity index (χ0) is 17.4. The van der Waals surface area contributed by atoms with Crippen molar-refractivity contribution in [2.24, 2.45) is 0 Å². The number of carbonyl (C=O) groups is 1. The number of esters is 1. The zero-order valence-electron chi connectivity index (χ0n) is 14.2. The van der Waals surface area contributed by atoms with Crippen LogP contribution in [0.25, 0.3) is 6.08 Å². The van der Waals surface area contributed by atoms with Gasteiger partial charge in [0, 0.05) is 6.08 Å². The predicted molar refractivity (Wildman–Crippen MR) is 94.7 cm³/mol. The summed E-state index contributed by atoms with van der Waals surface area (Å²) in [7, 11) is 3.15. The van der Waals surface area contributed by atoms with Gasteiger partial charge in [-0.2, -0.15) is 0 Å². The van der Waals surface area contributed by atoms with Crippen LogP contribution in [0.2, 0.25) is 0 Å². The molecule has 0 atom stereocenters. The second-order valence-electron chi connectivity index (χ2n) is 5.26. The third-order valence-corrected chi connectivity index (χ3v) is 3.50. The second kappa shape index (κ2) is 8.77. The Kier molecular flexibility index (Phi) is 6.43. The third kappa shape index (κ3) is 4.88. The lowest BCUT2D eigenvalue weighted by atomic mass is 10.1. The molecule has 0 heterocycles. The van der Waals surface area contributed by atoms with E-state index in [1.54, 1.807) is 32.4 Å². The number of ether oxygens (including phenoxy) is 3. The molecule has 0 aliphatic rings. The molecule has 24 heavy (non-hydrogen) atoms. The van der Waals surface area contributed by atoms with Crippen molar-refractivity contribution in [3.05, 3.63) is 59.7 Å². The molecule has 0 unspecified atom stereocenters. The van der Waals surface area contributed by atoms with E-state index in [0.717, 1.165) is 18.4 Å². The normalized spacial score (nSPS) is 10.6. The maximum Gasteiger partial charge on any atom is 0.336 e. The van der Waals surface area contributed by atoms with Gasteiger partial charge in [-0.3, -0.25) is 0 Å². The molecule has 0 aliphatic heterocycles. The van der Waals surface area contributed by atoms with Gasteiger partial charge in [-0.25, -0.2) is 4.79 Å². The number of methoxy groups -OCH3 is 2. The van der Waals surface area contributed by atoms with E-state index >= 15 is 0 Å². The van der Waals surface area contributed by atoms with E-state index in [9.17, 15) is 4.79 Å². The van der Waals surface area contributed by atoms with Crippen LogP contribution >= 0.6 is 0 Å². The fraction of sp³-hybridized carbons (Fsp3) is 0.250. The van der Waals surface area contributed by atoms with Gasteiger partial charge in [0.2, 0.25) is 0 Å². The highest BCUT2D eigenvalue weighted by atomic mass is 16.5. The minimum absolute atomic E-state index is 0.423. The van der Waals surface area contributed by atoms with E-state index in [2.05, 4.69) is 6.92 Å². The van der Waals surface area contributed by atoms with E-state index in [1.807, 2.05) is 30.3 Å². The van der Waals surface area contributed by atoms with Crippen molar-refractivity contribution in [2.75, 3.05) is 14.2 Å². The van der Waals surface area contributed by atoms with Crippen LogP contribution in [0.3, 0.4) is 0 Å². The Morgan fingerprint density at radius 2 is 1.71 bits per heavy atom. The highest BCUT2D eigenvalue weighted by Crippen LogP contribution is 2.28. The van der Waals surface area contributed by atoms with Crippen LogP contribution in [0.15, 0.2) is 48.5 Å². The number of rotatable bonds is 7. The minimum Gasteiger partial charge on any atom is -0.493 e. The standard InChI is InChI=1S/C20H22O4/c1-4-5-15-6-10-17(11-7-15)24-20(21)13-9-16-8-12-18(22-2)19(14-16)23-3/h6-14H,4-5H2,1-3H3/b13-9+. The molecule has 2 aromatic rings. The molecular formula is C20H22O4. The van der Waals surface area contributed by atoms with Crippen LogP contribution in [0.1, 0.15) is 24.5 Å². The number of aryl methyl sites for hydroxylation is 1. The topological polar surface area (TPSA) is 44.8 Å². The van der Waals surface area contributed by atoms with Crippen molar-refractivity contribution >= 4 is 12.0 Å². The summed E-state index contributed by atoms with van der Waals surface area (Å²) in [5.74, 6) is 1.37. The van der Waals surface area contributed by atoms with Gasteiger partial charge in [0.15, 0.2) is 11.5 Å². The molecule has 2 rings (SSSR count). The van der Waals surface area contributed by atoms with E-state index in [-0.39, 0.29) is 0 Å². The second-order valence-corrected chi connectivity index (χ2v) is 5.26. The van der Waals surface area contributed by atoms with E-state index in [0.29, 0.717) is 17.2 Å². The Labute approximate surface area is 142 Å². The van der Waals surface area contributed by atoms with Crippen LogP contribution in [-0.2, 0) is 11.2 Å². The first kappa shape index (κ1) is 17.6. The molecule has 2 aromatic carbocycles. The SMILES string of the molecule is CCCc1ccc(OC(=O)/C=C/c2ccc(OC)c(OC)c2)cc1. The van der Waals surface area contributed by atoms with Crippen molar-refractivity contribution in [3.63, 3.8) is 0 Å². The summed E-state index contributed by atoms with van der Waals surface area (Å²) in [6.45, 7) is 2.13. The summed E-state index contributed by atoms with van der Waals surface area (Å²) >= 11 is 0. The quantitative estimate of drug-likeness (QED) is 0.433. The molecule has 0 aliphatic carbocycles. The maximum absolute atomic E-state index is 11.9. The molecule has 4 heteroatoms. The first-order chi connectivity index (χ1) is 11.7. The Morgan fingerprint density at radius 1 is 1.00 bits per heavy atom. The Hall–Kier alpha value is -2.75. The molecule has 126 valence electrons. The number of hydrogen-bond donors (Lipinski definition) is 0. The lowest BCUT2D eigenvalue weighted by molar-refractivity contribution is -0.128. The van der Waals surface area contributed by atoms with Crippen LogP contribution in [0.5, 0.6) is 17.2 Å². The van der Waals surface area contributed by atoms with Crippen molar-refractivity contribution in [1.82, 2.24) is 0 Å². The monoisotopic (exact) mass is 326 g/mol. The zero-order valence-corrected chi connectivity index (χ0v) is 14.2. The minimum atomic E-state index is -0.423. The highest BCUT2D eigenvalue weighted by molar-refractivity contribution is 5.88. The average Bonchev–Trinajstić information content (AvgIpc) is 2.61. The first-order valence-corrected chi connectivity index (χ1v) is 7.87. The van der Waals surface area contributed by atoms with Gasteiger partial charge < -0.3 is 14.2 Å². The van der Waals surface area contributed by atoms with E-state index < -0.39 is 5.97 Å². The maximum atomic E-state index is 11.9. The van der Waals surface area contributed by atoms with Crippen LogP contribution in [0, 0.1) is 0 Å². The molecule has 0 N–H and O–H groups in total. The number of carbonyl (C=O) groups excluding carboxylic acids is 1. The van der Waals surface area contributed by atoms with Gasteiger partial charge in [0.05, 0.1) is 14.2 Å². The molecule has 0 radical (unpaired) electrons. The van der Waals surface area contributed by atoms with Crippen molar-refractivity contribution in [3.8, 4) is 17.2 Å². The van der Waals surface area contributed by atoms with Gasteiger partial charge in [-0.15, -0.1) is 0 Å². The van der Waals surface area contributed by atoms with Crippen molar-refractivity contribution in [2.45, 2.75) is 19.8 Å². The molecule has 0 aromatic heterocycles. The average molecular weight is 326 g/mol. The number of benzene rings is 2. The predicted octanol–water partition coefficient (Wildman–Crippen LogP) is 4.28. The lowest BCUT2D eigenvalue weighted by Gasteiger charge is -2.07. The molecule has 0 bridgehead atoms. The van der Waals surface area contributed by atoms with Gasteiger partial charge in [0.1, 0.15) is 5.75 Å². The van der Waals surface area contributed by atoms with Crippen LogP contribution in [-0.4, -0.2) is 20.2 Å². The van der Waals surface area contributed by atoms with Crippen LogP contribution in [0.4, 0.5) is 0 Å². The number of hydrogen-bond acceptors (Lipinski definition) is 4. The summed E-state index contributed by atoms with van der Waals surface area (Å²) < 4.78 is 15.7. The lowest BCUT2D eigenvalue weighted by Crippen LogP contribution is -2.03. The molecular weight excluding hydrogens is 304 g/mol. The fourth-order valence-electron chi connectivity index (χ4n) is 2.28. The van der Waals surface area contributed by atoms with Gasteiger partial charge >= 0.3 is 5.97 Å². The van der Waals surface area contributed by atoms with Gasteiger partial charge in [0.25, 0.3) is 0 Å². The van der Waals surface area contributed by atoms with E-state index in [4.69, 9.17) is 14.2 Å². The van der Waals surface area contributed by atoms with Gasteiger partial charge in [-0.1, -0.05) is 31.5 Å². The smallest absolute Gasteiger partial charge is 0.336 e. The summed E-state index contributed by atoms with van der Waals surface area (Å²) in [5.41, 5.74) is 2.06. The van der Waals surface area contributed by atoms with E-state index in [1.165, 1.54) is 11.6 Å². The Morgan fingerprint density at radius 3 is 2.33 bits per heavy atom. The largest absolute Gasteiger partial charge is 0.493 e. The molecule has 4 nitrogen and oxygen atoms in total.